The van der Waals surface area contributed by atoms with Crippen molar-refractivity contribution in [1.29, 1.82) is 0 Å². The number of carbonyl (C=O) groups excluding carboxylic acids is 1. The van der Waals surface area contributed by atoms with E-state index in [4.69, 9.17) is 5.73 Å². The highest BCUT2D eigenvalue weighted by Crippen LogP contribution is 2.26. The van der Waals surface area contributed by atoms with E-state index in [1.54, 1.807) is 10.9 Å². The topological polar surface area (TPSA) is 80.3 Å². The summed E-state index contributed by atoms with van der Waals surface area (Å²) in [5.74, 6) is -0.0300. The van der Waals surface area contributed by atoms with E-state index in [1.807, 2.05) is 4.90 Å². The third kappa shape index (κ3) is 3.29. The summed E-state index contributed by atoms with van der Waals surface area (Å²) in [6, 6.07) is 9.28. The molecular formula is C18H24N6O. The van der Waals surface area contributed by atoms with Gasteiger partial charge >= 0.3 is 0 Å². The molecule has 7 heteroatoms. The van der Waals surface area contributed by atoms with Crippen LogP contribution in [-0.4, -0.2) is 69.5 Å². The number of amides is 1. The van der Waals surface area contributed by atoms with Gasteiger partial charge in [0, 0.05) is 38.8 Å². The van der Waals surface area contributed by atoms with Gasteiger partial charge in [0.25, 0.3) is 5.91 Å². The molecule has 2 aliphatic rings. The van der Waals surface area contributed by atoms with Crippen LogP contribution >= 0.6 is 0 Å². The van der Waals surface area contributed by atoms with Crippen molar-refractivity contribution in [2.45, 2.75) is 25.4 Å². The van der Waals surface area contributed by atoms with Gasteiger partial charge < -0.3 is 10.6 Å². The Labute approximate surface area is 147 Å². The maximum absolute atomic E-state index is 12.6. The molecule has 0 spiro atoms. The van der Waals surface area contributed by atoms with Gasteiger partial charge in [-0.3, -0.25) is 14.4 Å². The first-order valence-corrected chi connectivity index (χ1v) is 8.95. The summed E-state index contributed by atoms with van der Waals surface area (Å²) in [7, 11) is 0. The molecule has 4 rings (SSSR count). The number of aromatic nitrogens is 3. The zero-order chi connectivity index (χ0) is 17.2. The Morgan fingerprint density at radius 1 is 1.12 bits per heavy atom. The molecule has 132 valence electrons. The molecule has 0 radical (unpaired) electrons. The summed E-state index contributed by atoms with van der Waals surface area (Å²) in [4.78, 5) is 17.0. The first-order chi connectivity index (χ1) is 12.2. The Morgan fingerprint density at radius 2 is 1.80 bits per heavy atom. The summed E-state index contributed by atoms with van der Waals surface area (Å²) in [5, 5.41) is 7.94. The number of piperazine rings is 1. The lowest BCUT2D eigenvalue weighted by Crippen LogP contribution is -2.52. The van der Waals surface area contributed by atoms with E-state index in [1.165, 1.54) is 11.1 Å². The van der Waals surface area contributed by atoms with Gasteiger partial charge in [-0.2, -0.15) is 0 Å². The summed E-state index contributed by atoms with van der Waals surface area (Å²) < 4.78 is 1.62. The van der Waals surface area contributed by atoms with Gasteiger partial charge in [0.05, 0.1) is 12.7 Å². The predicted molar refractivity (Wildman–Crippen MR) is 94.2 cm³/mol. The molecule has 2 N–H and O–H groups in total. The highest BCUT2D eigenvalue weighted by atomic mass is 16.2. The van der Waals surface area contributed by atoms with Crippen molar-refractivity contribution in [3.05, 3.63) is 47.3 Å². The van der Waals surface area contributed by atoms with Gasteiger partial charge in [-0.05, 0) is 24.0 Å². The molecule has 1 aliphatic heterocycles. The van der Waals surface area contributed by atoms with Crippen molar-refractivity contribution in [2.75, 3.05) is 32.7 Å². The van der Waals surface area contributed by atoms with E-state index in [0.29, 0.717) is 24.8 Å². The van der Waals surface area contributed by atoms with Crippen LogP contribution in [0.3, 0.4) is 0 Å². The second-order valence-corrected chi connectivity index (χ2v) is 6.81. The fraction of sp³-hybridized carbons (Fsp3) is 0.500. The van der Waals surface area contributed by atoms with E-state index >= 15 is 0 Å². The normalized spacial score (nSPS) is 18.5. The fourth-order valence-electron chi connectivity index (χ4n) is 3.88. The lowest BCUT2D eigenvalue weighted by Gasteiger charge is -2.37. The summed E-state index contributed by atoms with van der Waals surface area (Å²) in [5.41, 5.74) is 8.87. The lowest BCUT2D eigenvalue weighted by atomic mass is 10.1. The van der Waals surface area contributed by atoms with Gasteiger partial charge in [0.2, 0.25) is 0 Å². The Hall–Kier alpha value is -2.25. The van der Waals surface area contributed by atoms with E-state index < -0.39 is 0 Å². The number of nitrogens with two attached hydrogens (primary N) is 1. The minimum atomic E-state index is -0.0300. The standard InChI is InChI=1S/C18H24N6O/c19-5-6-24-13-17(20-21-24)18(25)23-9-7-22(8-10-23)16-11-14-3-1-2-4-15(14)12-16/h1-4,13,16H,5-12,19H2. The second kappa shape index (κ2) is 6.93. The lowest BCUT2D eigenvalue weighted by molar-refractivity contribution is 0.0570. The largest absolute Gasteiger partial charge is 0.335 e. The maximum Gasteiger partial charge on any atom is 0.276 e. The minimum absolute atomic E-state index is 0.0300. The van der Waals surface area contributed by atoms with Crippen LogP contribution in [-0.2, 0) is 19.4 Å². The molecule has 7 nitrogen and oxygen atoms in total. The van der Waals surface area contributed by atoms with Gasteiger partial charge in [-0.1, -0.05) is 29.5 Å². The molecule has 0 bridgehead atoms. The van der Waals surface area contributed by atoms with Crippen LogP contribution in [0, 0.1) is 0 Å². The van der Waals surface area contributed by atoms with Gasteiger partial charge in [0.1, 0.15) is 0 Å². The zero-order valence-corrected chi connectivity index (χ0v) is 14.3. The molecule has 1 saturated heterocycles. The van der Waals surface area contributed by atoms with Gasteiger partial charge in [0.15, 0.2) is 5.69 Å². The summed E-state index contributed by atoms with van der Waals surface area (Å²) in [6.45, 7) is 4.39. The first kappa shape index (κ1) is 16.2. The number of carbonyl (C=O) groups is 1. The van der Waals surface area contributed by atoms with E-state index in [2.05, 4.69) is 39.5 Å². The third-order valence-corrected chi connectivity index (χ3v) is 5.26. The Morgan fingerprint density at radius 3 is 2.44 bits per heavy atom. The SMILES string of the molecule is NCCn1cc(C(=O)N2CCN(C3Cc4ccccc4C3)CC2)nn1. The number of rotatable bonds is 4. The fourth-order valence-corrected chi connectivity index (χ4v) is 3.88. The average Bonchev–Trinajstić information content (AvgIpc) is 3.28. The molecular weight excluding hydrogens is 316 g/mol. The molecule has 0 saturated carbocycles. The molecule has 0 unspecified atom stereocenters. The molecule has 1 aromatic carbocycles. The molecule has 0 atom stereocenters. The third-order valence-electron chi connectivity index (χ3n) is 5.26. The smallest absolute Gasteiger partial charge is 0.276 e. The average molecular weight is 340 g/mol. The van der Waals surface area contributed by atoms with E-state index in [0.717, 1.165) is 39.0 Å². The molecule has 1 aromatic heterocycles. The van der Waals surface area contributed by atoms with Crippen molar-refractivity contribution >= 4 is 5.91 Å². The monoisotopic (exact) mass is 340 g/mol. The van der Waals surface area contributed by atoms with Crippen LogP contribution in [0.2, 0.25) is 0 Å². The number of benzene rings is 1. The zero-order valence-electron chi connectivity index (χ0n) is 14.3. The predicted octanol–water partition coefficient (Wildman–Crippen LogP) is 0.162. The summed E-state index contributed by atoms with van der Waals surface area (Å²) in [6.07, 6.45) is 3.93. The quantitative estimate of drug-likeness (QED) is 0.858. The van der Waals surface area contributed by atoms with Crippen LogP contribution < -0.4 is 5.73 Å². The number of nitrogens with zero attached hydrogens (tertiary/aromatic N) is 5. The Balaban J connectivity index is 1.33. The number of hydrogen-bond donors (Lipinski definition) is 1. The summed E-state index contributed by atoms with van der Waals surface area (Å²) >= 11 is 0. The highest BCUT2D eigenvalue weighted by molar-refractivity contribution is 5.92. The molecule has 2 heterocycles. The molecule has 1 amide bonds. The van der Waals surface area contributed by atoms with E-state index in [-0.39, 0.29) is 5.91 Å². The minimum Gasteiger partial charge on any atom is -0.335 e. The second-order valence-electron chi connectivity index (χ2n) is 6.81. The van der Waals surface area contributed by atoms with Crippen molar-refractivity contribution in [3.63, 3.8) is 0 Å². The number of fused-ring (bicyclic) bond motifs is 1. The van der Waals surface area contributed by atoms with Crippen LogP contribution in [0.1, 0.15) is 21.6 Å². The highest BCUT2D eigenvalue weighted by Gasteiger charge is 2.31. The van der Waals surface area contributed by atoms with Gasteiger partial charge in [-0.25, -0.2) is 0 Å². The molecule has 1 aliphatic carbocycles. The molecule has 2 aromatic rings. The maximum atomic E-state index is 12.6. The van der Waals surface area contributed by atoms with Gasteiger partial charge in [-0.15, -0.1) is 5.10 Å². The van der Waals surface area contributed by atoms with Crippen LogP contribution in [0.4, 0.5) is 0 Å². The Bertz CT molecular complexity index is 725. The Kier molecular flexibility index (Phi) is 4.50. The van der Waals surface area contributed by atoms with Crippen molar-refractivity contribution in [3.8, 4) is 0 Å². The molecule has 25 heavy (non-hydrogen) atoms. The number of hydrogen-bond acceptors (Lipinski definition) is 5. The van der Waals surface area contributed by atoms with E-state index in [9.17, 15) is 4.79 Å². The van der Waals surface area contributed by atoms with Crippen LogP contribution in [0.25, 0.3) is 0 Å². The van der Waals surface area contributed by atoms with Crippen molar-refractivity contribution < 1.29 is 4.79 Å². The first-order valence-electron chi connectivity index (χ1n) is 8.95. The van der Waals surface area contributed by atoms with Crippen LogP contribution in [0.15, 0.2) is 30.5 Å². The van der Waals surface area contributed by atoms with Crippen molar-refractivity contribution in [1.82, 2.24) is 24.8 Å². The van der Waals surface area contributed by atoms with Crippen molar-refractivity contribution in [2.24, 2.45) is 5.73 Å². The molecule has 1 fully saturated rings. The van der Waals surface area contributed by atoms with Crippen LogP contribution in [0.5, 0.6) is 0 Å².